The molecule has 1 aliphatic rings. The Bertz CT molecular complexity index is 1030. The second-order valence-corrected chi connectivity index (χ2v) is 8.56. The maximum absolute atomic E-state index is 10.5. The van der Waals surface area contributed by atoms with Crippen LogP contribution in [0.4, 0.5) is 0 Å². The highest BCUT2D eigenvalue weighted by molar-refractivity contribution is 9.10. The van der Waals surface area contributed by atoms with Crippen molar-refractivity contribution in [1.29, 1.82) is 0 Å². The van der Waals surface area contributed by atoms with Gasteiger partial charge in [-0.3, -0.25) is 10.3 Å². The summed E-state index contributed by atoms with van der Waals surface area (Å²) in [5, 5.41) is 14.8. The van der Waals surface area contributed by atoms with Crippen molar-refractivity contribution in [2.45, 2.75) is 32.0 Å². The monoisotopic (exact) mass is 468 g/mol. The van der Waals surface area contributed by atoms with E-state index < -0.39 is 0 Å². The Morgan fingerprint density at radius 2 is 1.79 bits per heavy atom. The van der Waals surface area contributed by atoms with Crippen LogP contribution in [-0.4, -0.2) is 10.8 Å². The first-order valence-corrected chi connectivity index (χ1v) is 10.9. The minimum atomic E-state index is -0.217. The van der Waals surface area contributed by atoms with E-state index in [9.17, 15) is 5.11 Å². The van der Waals surface area contributed by atoms with Gasteiger partial charge >= 0.3 is 0 Å². The second kappa shape index (κ2) is 8.70. The Hall–Kier alpha value is -2.14. The van der Waals surface area contributed by atoms with Crippen molar-refractivity contribution in [1.82, 2.24) is 5.32 Å². The molecule has 29 heavy (non-hydrogen) atoms. The zero-order valence-corrected chi connectivity index (χ0v) is 18.4. The number of aryl methyl sites for hydroxylation is 1. The number of aliphatic imine (C=N–C) groups is 1. The summed E-state index contributed by atoms with van der Waals surface area (Å²) < 4.78 is 0.937. The molecule has 3 aromatic rings. The third-order valence-electron chi connectivity index (χ3n) is 5.29. The van der Waals surface area contributed by atoms with Gasteiger partial charge in [0.05, 0.1) is 0 Å². The number of phenols is 1. The van der Waals surface area contributed by atoms with Crippen LogP contribution in [0.25, 0.3) is 0 Å². The van der Waals surface area contributed by atoms with Crippen LogP contribution in [-0.2, 0) is 6.42 Å². The first kappa shape index (κ1) is 20.1. The number of hydrogen-bond acceptors (Lipinski definition) is 3. The quantitative estimate of drug-likeness (QED) is 0.452. The molecule has 0 saturated heterocycles. The smallest absolute Gasteiger partial charge is 0.126 e. The highest BCUT2D eigenvalue weighted by atomic mass is 79.9. The van der Waals surface area contributed by atoms with Gasteiger partial charge in [0.25, 0.3) is 0 Å². The van der Waals surface area contributed by atoms with Gasteiger partial charge in [0, 0.05) is 33.2 Å². The summed E-state index contributed by atoms with van der Waals surface area (Å²) in [6.45, 7) is 2.15. The van der Waals surface area contributed by atoms with E-state index in [0.29, 0.717) is 11.4 Å². The van der Waals surface area contributed by atoms with Crippen molar-refractivity contribution >= 4 is 33.2 Å². The van der Waals surface area contributed by atoms with E-state index >= 15 is 0 Å². The van der Waals surface area contributed by atoms with E-state index in [-0.39, 0.29) is 18.0 Å². The summed E-state index contributed by atoms with van der Waals surface area (Å²) in [5.74, 6) is 0.281. The summed E-state index contributed by atoms with van der Waals surface area (Å²) in [5.41, 5.74) is 5.34. The van der Waals surface area contributed by atoms with E-state index in [0.717, 1.165) is 33.3 Å². The fraction of sp³-hybridized carbons (Fsp3) is 0.208. The molecule has 0 aromatic heterocycles. The van der Waals surface area contributed by atoms with Gasteiger partial charge < -0.3 is 5.11 Å². The maximum Gasteiger partial charge on any atom is 0.126 e. The van der Waals surface area contributed by atoms with Gasteiger partial charge in [-0.25, -0.2) is 0 Å². The van der Waals surface area contributed by atoms with E-state index in [1.54, 1.807) is 6.07 Å². The summed E-state index contributed by atoms with van der Waals surface area (Å²) in [6, 6.07) is 21.8. The molecular formula is C24H22BrClN2O. The third-order valence-corrected chi connectivity index (χ3v) is 6.03. The zero-order chi connectivity index (χ0) is 20.4. The van der Waals surface area contributed by atoms with Crippen molar-refractivity contribution in [3.05, 3.63) is 98.5 Å². The molecule has 4 rings (SSSR count). The van der Waals surface area contributed by atoms with Crippen molar-refractivity contribution in [2.24, 2.45) is 4.99 Å². The second-order valence-electron chi connectivity index (χ2n) is 7.21. The summed E-state index contributed by atoms with van der Waals surface area (Å²) in [4.78, 5) is 5.00. The molecule has 2 N–H and O–H groups in total. The van der Waals surface area contributed by atoms with Gasteiger partial charge in [-0.15, -0.1) is 0 Å². The number of nitrogens with zero attached hydrogens (tertiary/aromatic N) is 1. The van der Waals surface area contributed by atoms with E-state index in [4.69, 9.17) is 16.6 Å². The minimum Gasteiger partial charge on any atom is -0.508 e. The molecule has 5 heteroatoms. The van der Waals surface area contributed by atoms with Crippen molar-refractivity contribution < 1.29 is 5.11 Å². The standard InChI is InChI=1S/C24H22BrClN2O/c1-2-15-3-5-16(6-4-15)21-14-22(20-13-18(25)9-12-23(20)29)28-24(27-21)17-7-10-19(26)11-8-17/h3-13,22,24,28-29H,2,14H2,1H3. The lowest BCUT2D eigenvalue weighted by Gasteiger charge is -2.31. The van der Waals surface area contributed by atoms with Gasteiger partial charge in [0.15, 0.2) is 0 Å². The molecule has 0 spiro atoms. The molecule has 3 nitrogen and oxygen atoms in total. The Kier molecular flexibility index (Phi) is 6.04. The van der Waals surface area contributed by atoms with Crippen molar-refractivity contribution in [3.8, 4) is 5.75 Å². The maximum atomic E-state index is 10.5. The van der Waals surface area contributed by atoms with Gasteiger partial charge in [-0.1, -0.05) is 70.9 Å². The molecule has 2 unspecified atom stereocenters. The fourth-order valence-corrected chi connectivity index (χ4v) is 4.14. The van der Waals surface area contributed by atoms with Crippen LogP contribution >= 0.6 is 27.5 Å². The minimum absolute atomic E-state index is 0.0634. The van der Waals surface area contributed by atoms with Crippen molar-refractivity contribution in [2.75, 3.05) is 0 Å². The first-order chi connectivity index (χ1) is 14.0. The Labute approximate surface area is 184 Å². The lowest BCUT2D eigenvalue weighted by Crippen LogP contribution is -2.33. The average molecular weight is 470 g/mol. The molecule has 1 heterocycles. The molecule has 0 amide bonds. The molecule has 0 saturated carbocycles. The Balaban J connectivity index is 1.75. The van der Waals surface area contributed by atoms with Gasteiger partial charge in [0.2, 0.25) is 0 Å². The van der Waals surface area contributed by atoms with Crippen LogP contribution in [0, 0.1) is 0 Å². The molecule has 0 bridgehead atoms. The van der Waals surface area contributed by atoms with Crippen LogP contribution in [0.5, 0.6) is 5.75 Å². The fourth-order valence-electron chi connectivity index (χ4n) is 3.63. The molecule has 0 fully saturated rings. The van der Waals surface area contributed by atoms with Gasteiger partial charge in [-0.05, 0) is 53.4 Å². The lowest BCUT2D eigenvalue weighted by atomic mass is 9.93. The van der Waals surface area contributed by atoms with Gasteiger partial charge in [-0.2, -0.15) is 0 Å². The number of halogens is 2. The van der Waals surface area contributed by atoms with Crippen LogP contribution in [0.1, 0.15) is 47.8 Å². The molecule has 3 aromatic carbocycles. The normalized spacial score (nSPS) is 19.1. The topological polar surface area (TPSA) is 44.6 Å². The number of phenolic OH excluding ortho intramolecular Hbond substituents is 1. The van der Waals surface area contributed by atoms with Crippen LogP contribution in [0.2, 0.25) is 5.02 Å². The average Bonchev–Trinajstić information content (AvgIpc) is 2.75. The summed E-state index contributed by atoms with van der Waals surface area (Å²) in [7, 11) is 0. The van der Waals surface area contributed by atoms with Crippen LogP contribution in [0.15, 0.2) is 76.2 Å². The van der Waals surface area contributed by atoms with E-state index in [1.165, 1.54) is 5.56 Å². The number of hydrogen-bond donors (Lipinski definition) is 2. The largest absolute Gasteiger partial charge is 0.508 e. The molecule has 148 valence electrons. The summed E-state index contributed by atoms with van der Waals surface area (Å²) in [6.07, 6.45) is 1.49. The first-order valence-electron chi connectivity index (χ1n) is 9.69. The highest BCUT2D eigenvalue weighted by Crippen LogP contribution is 2.36. The van der Waals surface area contributed by atoms with E-state index in [1.807, 2.05) is 36.4 Å². The number of rotatable bonds is 4. The van der Waals surface area contributed by atoms with Gasteiger partial charge in [0.1, 0.15) is 11.9 Å². The Morgan fingerprint density at radius 1 is 1.07 bits per heavy atom. The molecule has 0 aliphatic carbocycles. The molecule has 1 aliphatic heterocycles. The van der Waals surface area contributed by atoms with Crippen LogP contribution in [0.3, 0.4) is 0 Å². The van der Waals surface area contributed by atoms with E-state index in [2.05, 4.69) is 52.4 Å². The summed E-state index contributed by atoms with van der Waals surface area (Å²) >= 11 is 9.60. The predicted molar refractivity (Wildman–Crippen MR) is 123 cm³/mol. The number of aromatic hydroxyl groups is 1. The van der Waals surface area contributed by atoms with Crippen molar-refractivity contribution in [3.63, 3.8) is 0 Å². The predicted octanol–water partition coefficient (Wildman–Crippen LogP) is 6.59. The number of benzene rings is 3. The third kappa shape index (κ3) is 4.55. The Morgan fingerprint density at radius 3 is 2.48 bits per heavy atom. The van der Waals surface area contributed by atoms with Crippen LogP contribution < -0.4 is 5.32 Å². The molecular weight excluding hydrogens is 448 g/mol. The number of nitrogens with one attached hydrogen (secondary N) is 1. The highest BCUT2D eigenvalue weighted by Gasteiger charge is 2.27. The molecule has 0 radical (unpaired) electrons. The molecule has 2 atom stereocenters. The zero-order valence-electron chi connectivity index (χ0n) is 16.1. The lowest BCUT2D eigenvalue weighted by molar-refractivity contribution is 0.412. The SMILES string of the molecule is CCc1ccc(C2=NC(c3ccc(Cl)cc3)NC(c3cc(Br)ccc3O)C2)cc1.